The molecular weight excluding hydrogens is 1100 g/mol. The Hall–Kier alpha value is -8.57. The molecule has 2 aliphatic carbocycles. The van der Waals surface area contributed by atoms with E-state index >= 15 is 4.39 Å². The first-order chi connectivity index (χ1) is 40.9. The van der Waals surface area contributed by atoms with Crippen LogP contribution >= 0.6 is 0 Å². The van der Waals surface area contributed by atoms with Crippen LogP contribution in [-0.4, -0.2) is 115 Å². The third-order valence-corrected chi connectivity index (χ3v) is 16.1. The number of nitrogens with one attached hydrogen (secondary N) is 5. The summed E-state index contributed by atoms with van der Waals surface area (Å²) in [5.41, 5.74) is 7.02. The quantitative estimate of drug-likeness (QED) is 0.0223. The van der Waals surface area contributed by atoms with Gasteiger partial charge in [0.05, 0.1) is 68.1 Å². The van der Waals surface area contributed by atoms with Crippen LogP contribution in [0.5, 0.6) is 0 Å². The monoisotopic (exact) mass is 1170 g/mol. The van der Waals surface area contributed by atoms with Crippen molar-refractivity contribution in [2.24, 2.45) is 5.92 Å². The number of hydrogen-bond acceptors (Lipinski definition) is 15. The molecule has 0 radical (unpaired) electrons. The van der Waals surface area contributed by atoms with Crippen molar-refractivity contribution in [3.63, 3.8) is 0 Å². The number of carbonyl (C=O) groups is 6. The van der Waals surface area contributed by atoms with Crippen LogP contribution in [-0.2, 0) is 79.4 Å². The second kappa shape index (κ2) is 25.7. The summed E-state index contributed by atoms with van der Waals surface area (Å²) in [4.78, 5) is 97.0. The number of anilines is 1. The molecule has 22 heteroatoms. The number of fused-ring (bicyclic) bond motifs is 8. The number of aromatic nitrogens is 2. The predicted molar refractivity (Wildman–Crippen MR) is 309 cm³/mol. The SMILES string of the molecule is CC[C@@]1(O)C(=O)OCc2c1cc1n(c2=O)Cc2c-1nc1cc(F)c(C)c3c1c2[C@H](NC(=O)OCc1ccc(NC(=O)[C@H](C)NC(=O)[C@@H](NC(=O)COCCOCCOCCNC(=O)OCC2c4ccccc4-c4ccccc42)C(C)C)cc1)CC3. The van der Waals surface area contributed by atoms with Gasteiger partial charge in [-0.2, -0.15) is 0 Å². The zero-order chi connectivity index (χ0) is 60.1. The number of nitrogens with zero attached hydrogens (tertiary/aromatic N) is 2. The lowest BCUT2D eigenvalue weighted by Crippen LogP contribution is -2.54. The van der Waals surface area contributed by atoms with Crippen molar-refractivity contribution in [3.05, 3.63) is 151 Å². The third kappa shape index (κ3) is 12.5. The first-order valence-electron chi connectivity index (χ1n) is 28.5. The standard InChI is InChI=1S/C63H68FN7O14/c1-6-63(79)47-27-51-56-44(29-71(51)59(75)46(47)32-83-60(63)76)54-49(20-19-39-35(4)48(64)28-50(68-56)53(39)54)69-62(78)84-30-37-15-17-38(18-16-37)67-57(73)36(5)66-58(74)55(34(2)3)70-52(72)33-82-26-25-81-24-23-80-22-21-65-61(77)85-31-45-42-13-9-7-11-40(42)41-12-8-10-14-43(41)45/h7-18,27-28,34,36,45,49,55,79H,6,19-26,29-33H2,1-5H3,(H,65,77)(H,66,74)(H,67,73)(H,69,78)(H,70,72)/t36-,49+,55-,63-/m0/s1. The van der Waals surface area contributed by atoms with Crippen LogP contribution in [0.25, 0.3) is 33.4 Å². The second-order valence-corrected chi connectivity index (χ2v) is 21.9. The molecule has 0 spiro atoms. The molecule has 0 unspecified atom stereocenters. The lowest BCUT2D eigenvalue weighted by atomic mass is 9.81. The van der Waals surface area contributed by atoms with Gasteiger partial charge in [-0.3, -0.25) is 19.2 Å². The molecule has 85 heavy (non-hydrogen) atoms. The summed E-state index contributed by atoms with van der Waals surface area (Å²) >= 11 is 0. The highest BCUT2D eigenvalue weighted by molar-refractivity contribution is 5.98. The number of amides is 5. The predicted octanol–water partition coefficient (Wildman–Crippen LogP) is 6.61. The average Bonchev–Trinajstić information content (AvgIpc) is 1.89. The topological polar surface area (TPSA) is 273 Å². The maximum absolute atomic E-state index is 15.4. The number of aryl methyl sites for hydroxylation is 1. The second-order valence-electron chi connectivity index (χ2n) is 21.9. The summed E-state index contributed by atoms with van der Waals surface area (Å²) in [7, 11) is 0. The van der Waals surface area contributed by atoms with Gasteiger partial charge < -0.3 is 64.7 Å². The maximum atomic E-state index is 15.4. The third-order valence-electron chi connectivity index (χ3n) is 16.1. The van der Waals surface area contributed by atoms with Gasteiger partial charge >= 0.3 is 18.2 Å². The van der Waals surface area contributed by atoms with E-state index in [0.717, 1.165) is 27.8 Å². The van der Waals surface area contributed by atoms with Gasteiger partial charge in [0.25, 0.3) is 5.56 Å². The lowest BCUT2D eigenvalue weighted by molar-refractivity contribution is -0.172. The summed E-state index contributed by atoms with van der Waals surface area (Å²) in [5.74, 6) is -3.27. The van der Waals surface area contributed by atoms with E-state index in [1.807, 2.05) is 24.3 Å². The highest BCUT2D eigenvalue weighted by Crippen LogP contribution is 2.47. The molecule has 4 aliphatic rings. The summed E-state index contributed by atoms with van der Waals surface area (Å²) < 4.78 is 49.9. The first-order valence-corrected chi connectivity index (χ1v) is 28.5. The van der Waals surface area contributed by atoms with Gasteiger partial charge in [0.1, 0.15) is 44.3 Å². The average molecular weight is 1170 g/mol. The van der Waals surface area contributed by atoms with E-state index in [4.69, 9.17) is 33.4 Å². The molecule has 21 nitrogen and oxygen atoms in total. The van der Waals surface area contributed by atoms with Crippen molar-refractivity contribution in [2.75, 3.05) is 58.1 Å². The van der Waals surface area contributed by atoms with E-state index < -0.39 is 71.0 Å². The number of halogens is 1. The molecule has 5 amide bonds. The van der Waals surface area contributed by atoms with Crippen molar-refractivity contribution < 1.29 is 66.7 Å². The number of aliphatic hydroxyl groups is 1. The molecule has 6 N–H and O–H groups in total. The number of alkyl carbamates (subject to hydrolysis) is 2. The van der Waals surface area contributed by atoms with Crippen molar-refractivity contribution >= 4 is 52.5 Å². The number of hydrogen-bond donors (Lipinski definition) is 6. The minimum absolute atomic E-state index is 0.0301. The van der Waals surface area contributed by atoms with E-state index in [9.17, 15) is 38.7 Å². The Morgan fingerprint density at radius 1 is 0.824 bits per heavy atom. The number of carbonyl (C=O) groups excluding carboxylic acids is 6. The molecule has 4 aromatic carbocycles. The Bertz CT molecular complexity index is 3600. The van der Waals surface area contributed by atoms with Gasteiger partial charge in [-0.25, -0.2) is 23.8 Å². The molecule has 0 saturated carbocycles. The van der Waals surface area contributed by atoms with Crippen LogP contribution in [0.4, 0.5) is 19.7 Å². The number of benzene rings is 4. The smallest absolute Gasteiger partial charge is 0.407 e. The molecule has 2 aliphatic heterocycles. The van der Waals surface area contributed by atoms with Crippen LogP contribution < -0.4 is 32.1 Å². The Morgan fingerprint density at radius 3 is 2.20 bits per heavy atom. The Morgan fingerprint density at radius 2 is 1.51 bits per heavy atom. The Balaban J connectivity index is 0.626. The van der Waals surface area contributed by atoms with Crippen molar-refractivity contribution in [1.82, 2.24) is 30.8 Å². The fourth-order valence-corrected chi connectivity index (χ4v) is 11.6. The van der Waals surface area contributed by atoms with Crippen LogP contribution in [0.3, 0.4) is 0 Å². The van der Waals surface area contributed by atoms with Crippen molar-refractivity contribution in [3.8, 4) is 22.5 Å². The number of cyclic esters (lactones) is 1. The summed E-state index contributed by atoms with van der Waals surface area (Å²) in [6, 6.07) is 23.2. The minimum atomic E-state index is -2.03. The molecule has 446 valence electrons. The molecule has 0 bridgehead atoms. The Labute approximate surface area is 489 Å². The largest absolute Gasteiger partial charge is 0.458 e. The number of pyridine rings is 2. The van der Waals surface area contributed by atoms with E-state index in [1.54, 1.807) is 58.0 Å². The fourth-order valence-electron chi connectivity index (χ4n) is 11.6. The first kappa shape index (κ1) is 59.6. The molecule has 6 aromatic rings. The maximum Gasteiger partial charge on any atom is 0.407 e. The molecular formula is C63H68FN7O14. The van der Waals surface area contributed by atoms with Gasteiger partial charge in [0.15, 0.2) is 5.60 Å². The van der Waals surface area contributed by atoms with Crippen LogP contribution in [0, 0.1) is 18.7 Å². The molecule has 0 fully saturated rings. The van der Waals surface area contributed by atoms with Crippen LogP contribution in [0.15, 0.2) is 89.7 Å². The molecule has 4 atom stereocenters. The number of rotatable bonds is 23. The number of ether oxygens (including phenoxy) is 6. The van der Waals surface area contributed by atoms with Gasteiger partial charge in [0.2, 0.25) is 17.7 Å². The minimum Gasteiger partial charge on any atom is -0.458 e. The van der Waals surface area contributed by atoms with Gasteiger partial charge in [-0.1, -0.05) is 81.4 Å². The summed E-state index contributed by atoms with van der Waals surface area (Å²) in [5, 5.41) is 25.9. The van der Waals surface area contributed by atoms with Crippen LogP contribution in [0.1, 0.15) is 103 Å². The normalized spacial score (nSPS) is 16.9. The molecule has 0 saturated heterocycles. The van der Waals surface area contributed by atoms with E-state index in [2.05, 4.69) is 50.8 Å². The molecule has 10 rings (SSSR count). The molecule has 2 aromatic heterocycles. The Kier molecular flexibility index (Phi) is 18.0. The summed E-state index contributed by atoms with van der Waals surface area (Å²) in [6.07, 6.45) is -0.471. The van der Waals surface area contributed by atoms with Crippen molar-refractivity contribution in [1.29, 1.82) is 0 Å². The van der Waals surface area contributed by atoms with E-state index in [0.29, 0.717) is 63.1 Å². The molecule has 4 heterocycles. The van der Waals surface area contributed by atoms with Gasteiger partial charge in [0, 0.05) is 40.7 Å². The van der Waals surface area contributed by atoms with Crippen molar-refractivity contribution in [2.45, 2.75) is 103 Å². The highest BCUT2D eigenvalue weighted by atomic mass is 19.1. The van der Waals surface area contributed by atoms with E-state index in [-0.39, 0.29) is 102 Å². The highest BCUT2D eigenvalue weighted by Gasteiger charge is 2.46. The van der Waals surface area contributed by atoms with Crippen LogP contribution in [0.2, 0.25) is 0 Å². The van der Waals surface area contributed by atoms with Gasteiger partial charge in [-0.05, 0) is 102 Å². The number of esters is 1. The summed E-state index contributed by atoms with van der Waals surface area (Å²) in [6.45, 7) is 9.21. The zero-order valence-electron chi connectivity index (χ0n) is 47.9. The van der Waals surface area contributed by atoms with Gasteiger partial charge in [-0.15, -0.1) is 0 Å². The zero-order valence-corrected chi connectivity index (χ0v) is 47.9. The lowest BCUT2D eigenvalue weighted by Gasteiger charge is -2.31. The fraction of sp³-hybridized carbons (Fsp3) is 0.397. The van der Waals surface area contributed by atoms with E-state index in [1.165, 1.54) is 17.6 Å².